The van der Waals surface area contributed by atoms with Crippen LogP contribution in [0, 0.1) is 0 Å². The third kappa shape index (κ3) is 3.97. The lowest BCUT2D eigenvalue weighted by Gasteiger charge is -2.25. The lowest BCUT2D eigenvalue weighted by Crippen LogP contribution is -2.33. The average molecular weight is 315 g/mol. The van der Waals surface area contributed by atoms with Gasteiger partial charge in [0.2, 0.25) is 0 Å². The molecule has 1 fully saturated rings. The van der Waals surface area contributed by atoms with Crippen molar-refractivity contribution in [3.05, 3.63) is 22.8 Å². The summed E-state index contributed by atoms with van der Waals surface area (Å²) < 4.78 is 1.08. The van der Waals surface area contributed by atoms with Crippen molar-refractivity contribution in [1.29, 1.82) is 0 Å². The van der Waals surface area contributed by atoms with Crippen molar-refractivity contribution in [2.75, 3.05) is 0 Å². The Balaban J connectivity index is 2.02. The van der Waals surface area contributed by atoms with Gasteiger partial charge in [0.25, 0.3) is 0 Å². The summed E-state index contributed by atoms with van der Waals surface area (Å²) in [6, 6.07) is 4.31. The SMILES string of the molecule is NC1CCCCCCC1Sc1ncccc1Br. The van der Waals surface area contributed by atoms with Crippen molar-refractivity contribution in [3.8, 4) is 0 Å². The lowest BCUT2D eigenvalue weighted by molar-refractivity contribution is 0.463. The Morgan fingerprint density at radius 2 is 2.00 bits per heavy atom. The highest BCUT2D eigenvalue weighted by Gasteiger charge is 2.21. The molecule has 2 N–H and O–H groups in total. The van der Waals surface area contributed by atoms with Gasteiger partial charge in [-0.15, -0.1) is 11.8 Å². The average Bonchev–Trinajstić information content (AvgIpc) is 2.31. The van der Waals surface area contributed by atoms with E-state index in [-0.39, 0.29) is 0 Å². The van der Waals surface area contributed by atoms with Crippen molar-refractivity contribution in [2.45, 2.75) is 54.8 Å². The lowest BCUT2D eigenvalue weighted by atomic mass is 9.97. The smallest absolute Gasteiger partial charge is 0.110 e. The monoisotopic (exact) mass is 314 g/mol. The zero-order valence-electron chi connectivity index (χ0n) is 9.94. The highest BCUT2D eigenvalue weighted by Crippen LogP contribution is 2.34. The second-order valence-electron chi connectivity index (χ2n) is 4.60. The zero-order chi connectivity index (χ0) is 12.1. The number of rotatable bonds is 2. The molecule has 17 heavy (non-hydrogen) atoms. The summed E-state index contributed by atoms with van der Waals surface area (Å²) >= 11 is 5.39. The standard InChI is InChI=1S/C13H19BrN2S/c14-10-6-5-9-16-13(10)17-12-8-4-2-1-3-7-11(12)15/h5-6,9,11-12H,1-4,7-8,15H2. The molecule has 1 aromatic heterocycles. The first-order valence-electron chi connectivity index (χ1n) is 6.30. The maximum atomic E-state index is 6.28. The topological polar surface area (TPSA) is 38.9 Å². The van der Waals surface area contributed by atoms with Crippen LogP contribution in [-0.2, 0) is 0 Å². The van der Waals surface area contributed by atoms with Crippen molar-refractivity contribution in [3.63, 3.8) is 0 Å². The van der Waals surface area contributed by atoms with Crippen LogP contribution < -0.4 is 5.73 Å². The summed E-state index contributed by atoms with van der Waals surface area (Å²) in [6.45, 7) is 0. The van der Waals surface area contributed by atoms with Gasteiger partial charge in [-0.3, -0.25) is 0 Å². The van der Waals surface area contributed by atoms with Crippen LogP contribution in [0.2, 0.25) is 0 Å². The Hall–Kier alpha value is -0.0600. The number of thioether (sulfide) groups is 1. The molecule has 2 unspecified atom stereocenters. The highest BCUT2D eigenvalue weighted by molar-refractivity contribution is 9.10. The first kappa shape index (κ1) is 13.4. The van der Waals surface area contributed by atoms with Crippen LogP contribution >= 0.6 is 27.7 Å². The van der Waals surface area contributed by atoms with Crippen LogP contribution in [0.15, 0.2) is 27.8 Å². The molecule has 1 heterocycles. The van der Waals surface area contributed by atoms with Gasteiger partial charge in [-0.05, 0) is 40.9 Å². The fourth-order valence-electron chi connectivity index (χ4n) is 2.23. The molecule has 0 aromatic carbocycles. The summed E-state index contributed by atoms with van der Waals surface area (Å²) in [5.74, 6) is 0. The van der Waals surface area contributed by atoms with Gasteiger partial charge >= 0.3 is 0 Å². The molecule has 1 aliphatic rings. The van der Waals surface area contributed by atoms with Gasteiger partial charge in [-0.1, -0.05) is 25.7 Å². The number of nitrogens with zero attached hydrogens (tertiary/aromatic N) is 1. The molecule has 2 rings (SSSR count). The minimum atomic E-state index is 0.314. The van der Waals surface area contributed by atoms with E-state index in [0.29, 0.717) is 11.3 Å². The summed E-state index contributed by atoms with van der Waals surface area (Å²) in [5, 5.41) is 1.59. The summed E-state index contributed by atoms with van der Waals surface area (Å²) in [6.07, 6.45) is 9.50. The van der Waals surface area contributed by atoms with Crippen LogP contribution in [-0.4, -0.2) is 16.3 Å². The zero-order valence-corrected chi connectivity index (χ0v) is 12.3. The number of nitrogens with two attached hydrogens (primary N) is 1. The number of hydrogen-bond donors (Lipinski definition) is 1. The Morgan fingerprint density at radius 1 is 1.24 bits per heavy atom. The van der Waals surface area contributed by atoms with Crippen LogP contribution in [0.1, 0.15) is 38.5 Å². The molecule has 94 valence electrons. The molecule has 1 aromatic rings. The van der Waals surface area contributed by atoms with Crippen molar-refractivity contribution >= 4 is 27.7 Å². The highest BCUT2D eigenvalue weighted by atomic mass is 79.9. The summed E-state index contributed by atoms with van der Waals surface area (Å²) in [4.78, 5) is 4.42. The van der Waals surface area contributed by atoms with Gasteiger partial charge in [0, 0.05) is 22.0 Å². The van der Waals surface area contributed by atoms with E-state index in [4.69, 9.17) is 5.73 Å². The quantitative estimate of drug-likeness (QED) is 0.897. The molecule has 1 saturated carbocycles. The van der Waals surface area contributed by atoms with Gasteiger partial charge in [0.1, 0.15) is 5.03 Å². The van der Waals surface area contributed by atoms with Crippen molar-refractivity contribution < 1.29 is 0 Å². The molecule has 2 atom stereocenters. The Labute approximate surface area is 116 Å². The first-order valence-corrected chi connectivity index (χ1v) is 7.97. The molecule has 0 saturated heterocycles. The molecule has 2 nitrogen and oxygen atoms in total. The van der Waals surface area contributed by atoms with Crippen LogP contribution in [0.4, 0.5) is 0 Å². The molecule has 0 radical (unpaired) electrons. The van der Waals surface area contributed by atoms with E-state index in [1.807, 2.05) is 30.1 Å². The second-order valence-corrected chi connectivity index (χ2v) is 6.68. The van der Waals surface area contributed by atoms with E-state index >= 15 is 0 Å². The van der Waals surface area contributed by atoms with E-state index in [1.54, 1.807) is 0 Å². The molecule has 1 aliphatic carbocycles. The largest absolute Gasteiger partial charge is 0.327 e. The summed E-state index contributed by atoms with van der Waals surface area (Å²) in [7, 11) is 0. The van der Waals surface area contributed by atoms with E-state index in [0.717, 1.165) is 15.9 Å². The van der Waals surface area contributed by atoms with Crippen molar-refractivity contribution in [1.82, 2.24) is 4.98 Å². The van der Waals surface area contributed by atoms with Crippen LogP contribution in [0.3, 0.4) is 0 Å². The molecule has 0 aliphatic heterocycles. The fourth-order valence-corrected chi connectivity index (χ4v) is 3.95. The van der Waals surface area contributed by atoms with Crippen molar-refractivity contribution in [2.24, 2.45) is 5.73 Å². The third-order valence-corrected chi connectivity index (χ3v) is 5.58. The van der Waals surface area contributed by atoms with E-state index in [1.165, 1.54) is 32.1 Å². The normalized spacial score (nSPS) is 26.2. The molecular formula is C13H19BrN2S. The van der Waals surface area contributed by atoms with Gasteiger partial charge in [0.15, 0.2) is 0 Å². The van der Waals surface area contributed by atoms with E-state index in [9.17, 15) is 0 Å². The molecule has 0 spiro atoms. The second kappa shape index (κ2) is 6.76. The van der Waals surface area contributed by atoms with Gasteiger partial charge < -0.3 is 5.73 Å². The Bertz CT molecular complexity index is 359. The van der Waals surface area contributed by atoms with Crippen LogP contribution in [0.5, 0.6) is 0 Å². The molecule has 0 bridgehead atoms. The molecule has 0 amide bonds. The Kier molecular flexibility index (Phi) is 5.32. The number of halogens is 1. The van der Waals surface area contributed by atoms with E-state index in [2.05, 4.69) is 20.9 Å². The predicted octanol–water partition coefficient (Wildman–Crippen LogP) is 3.99. The number of hydrogen-bond acceptors (Lipinski definition) is 3. The number of pyridine rings is 1. The number of aromatic nitrogens is 1. The fraction of sp³-hybridized carbons (Fsp3) is 0.615. The minimum Gasteiger partial charge on any atom is -0.327 e. The Morgan fingerprint density at radius 3 is 2.76 bits per heavy atom. The molecular weight excluding hydrogens is 296 g/mol. The summed E-state index contributed by atoms with van der Waals surface area (Å²) in [5.41, 5.74) is 6.28. The van der Waals surface area contributed by atoms with Crippen LogP contribution in [0.25, 0.3) is 0 Å². The van der Waals surface area contributed by atoms with Gasteiger partial charge in [-0.2, -0.15) is 0 Å². The van der Waals surface area contributed by atoms with Gasteiger partial charge in [0.05, 0.1) is 0 Å². The predicted molar refractivity (Wildman–Crippen MR) is 77.3 cm³/mol. The molecule has 4 heteroatoms. The first-order chi connectivity index (χ1) is 8.27. The maximum absolute atomic E-state index is 6.28. The minimum absolute atomic E-state index is 0.314. The third-order valence-electron chi connectivity index (χ3n) is 3.24. The maximum Gasteiger partial charge on any atom is 0.110 e. The van der Waals surface area contributed by atoms with Gasteiger partial charge in [-0.25, -0.2) is 4.98 Å². The van der Waals surface area contributed by atoms with E-state index < -0.39 is 0 Å².